The third-order valence-electron chi connectivity index (χ3n) is 4.91. The van der Waals surface area contributed by atoms with Crippen molar-refractivity contribution in [2.75, 3.05) is 7.05 Å². The van der Waals surface area contributed by atoms with E-state index in [9.17, 15) is 4.79 Å². The maximum atomic E-state index is 13.2. The Morgan fingerprint density at radius 2 is 2.12 bits per heavy atom. The van der Waals surface area contributed by atoms with Crippen LogP contribution in [0.1, 0.15) is 48.3 Å². The lowest BCUT2D eigenvalue weighted by Gasteiger charge is -2.28. The molecule has 3 rings (SSSR count). The number of hydrogen-bond donors (Lipinski definition) is 0. The number of carbonyl (C=O) groups is 1. The Labute approximate surface area is 159 Å². The highest BCUT2D eigenvalue weighted by Gasteiger charge is 2.25. The van der Waals surface area contributed by atoms with Gasteiger partial charge >= 0.3 is 0 Å². The Kier molecular flexibility index (Phi) is 5.62. The second-order valence-electron chi connectivity index (χ2n) is 6.65. The van der Waals surface area contributed by atoms with Crippen LogP contribution < -0.4 is 0 Å². The van der Waals surface area contributed by atoms with E-state index >= 15 is 0 Å². The van der Waals surface area contributed by atoms with Crippen molar-refractivity contribution in [3.8, 4) is 0 Å². The lowest BCUT2D eigenvalue weighted by molar-refractivity contribution is 0.0711. The predicted molar refractivity (Wildman–Crippen MR) is 107 cm³/mol. The molecule has 0 aliphatic carbocycles. The van der Waals surface area contributed by atoms with Crippen LogP contribution in [0.3, 0.4) is 0 Å². The van der Waals surface area contributed by atoms with E-state index in [0.29, 0.717) is 10.7 Å². The third-order valence-corrected chi connectivity index (χ3v) is 5.15. The summed E-state index contributed by atoms with van der Waals surface area (Å²) in [5.41, 5.74) is 2.69. The average molecular weight is 370 g/mol. The van der Waals surface area contributed by atoms with Crippen molar-refractivity contribution in [1.82, 2.24) is 14.5 Å². The molecule has 0 aliphatic rings. The molecule has 2 heterocycles. The molecule has 1 atom stereocenters. The number of pyridine rings is 1. The Morgan fingerprint density at radius 1 is 1.31 bits per heavy atom. The number of unbranched alkanes of at least 4 members (excludes halogenated alkanes) is 1. The lowest BCUT2D eigenvalue weighted by atomic mass is 10.0. The number of halogens is 1. The number of hydrogen-bond acceptors (Lipinski definition) is 2. The second-order valence-corrected chi connectivity index (χ2v) is 7.09. The molecule has 26 heavy (non-hydrogen) atoms. The number of rotatable bonds is 6. The van der Waals surface area contributed by atoms with Gasteiger partial charge in [0.05, 0.1) is 6.04 Å². The summed E-state index contributed by atoms with van der Waals surface area (Å²) in [5.74, 6) is 0.00442. The summed E-state index contributed by atoms with van der Waals surface area (Å²) in [6, 6.07) is 11.6. The van der Waals surface area contributed by atoms with Gasteiger partial charge in [-0.1, -0.05) is 43.5 Å². The van der Waals surface area contributed by atoms with Crippen LogP contribution in [0.5, 0.6) is 0 Å². The van der Waals surface area contributed by atoms with E-state index in [4.69, 9.17) is 11.6 Å². The standard InChI is InChI=1S/C21H24ClN3O/c1-4-5-8-18(16-7-6-11-23-14-16)25(3)21(26)20-12-15-9-10-17(22)13-19(15)24(20)2/h6-7,9-14,18H,4-5,8H2,1-3H3/t18-/m0/s1. The van der Waals surface area contributed by atoms with Gasteiger partial charge in [0.15, 0.2) is 0 Å². The molecule has 0 radical (unpaired) electrons. The maximum absolute atomic E-state index is 13.2. The summed E-state index contributed by atoms with van der Waals surface area (Å²) in [7, 11) is 3.78. The van der Waals surface area contributed by atoms with Crippen LogP contribution in [0, 0.1) is 0 Å². The number of carbonyl (C=O) groups excluding carboxylic acids is 1. The van der Waals surface area contributed by atoms with Gasteiger partial charge < -0.3 is 9.47 Å². The number of aromatic nitrogens is 2. The van der Waals surface area contributed by atoms with Crippen molar-refractivity contribution in [2.24, 2.45) is 7.05 Å². The predicted octanol–water partition coefficient (Wildman–Crippen LogP) is 5.23. The quantitative estimate of drug-likeness (QED) is 0.596. The molecule has 1 aromatic carbocycles. The molecule has 3 aromatic rings. The third kappa shape index (κ3) is 3.61. The minimum Gasteiger partial charge on any atom is -0.340 e. The summed E-state index contributed by atoms with van der Waals surface area (Å²) in [4.78, 5) is 19.3. The number of amides is 1. The van der Waals surface area contributed by atoms with Crippen LogP contribution in [0.4, 0.5) is 0 Å². The fraction of sp³-hybridized carbons (Fsp3) is 0.333. The number of fused-ring (bicyclic) bond motifs is 1. The first kappa shape index (κ1) is 18.5. The molecule has 0 spiro atoms. The van der Waals surface area contributed by atoms with E-state index in [-0.39, 0.29) is 11.9 Å². The molecule has 136 valence electrons. The highest BCUT2D eigenvalue weighted by Crippen LogP contribution is 2.28. The van der Waals surface area contributed by atoms with Crippen molar-refractivity contribution in [2.45, 2.75) is 32.2 Å². The molecule has 0 aliphatic heterocycles. The molecule has 4 nitrogen and oxygen atoms in total. The number of benzene rings is 1. The van der Waals surface area contributed by atoms with Crippen molar-refractivity contribution in [1.29, 1.82) is 0 Å². The number of nitrogens with zero attached hydrogens (tertiary/aromatic N) is 3. The van der Waals surface area contributed by atoms with Crippen LogP contribution in [-0.2, 0) is 7.05 Å². The van der Waals surface area contributed by atoms with E-state index in [0.717, 1.165) is 35.7 Å². The largest absolute Gasteiger partial charge is 0.340 e. The average Bonchev–Trinajstić information content (AvgIpc) is 2.98. The summed E-state index contributed by atoms with van der Waals surface area (Å²) >= 11 is 6.11. The van der Waals surface area contributed by atoms with Gasteiger partial charge in [-0.15, -0.1) is 0 Å². The summed E-state index contributed by atoms with van der Waals surface area (Å²) in [6.07, 6.45) is 6.68. The van der Waals surface area contributed by atoms with Gasteiger partial charge in [0.25, 0.3) is 5.91 Å². The molecule has 2 aromatic heterocycles. The van der Waals surface area contributed by atoms with Crippen LogP contribution in [0.15, 0.2) is 48.8 Å². The zero-order valence-electron chi connectivity index (χ0n) is 15.4. The lowest BCUT2D eigenvalue weighted by Crippen LogP contribution is -2.32. The molecule has 0 saturated carbocycles. The van der Waals surface area contributed by atoms with Gasteiger partial charge in [-0.3, -0.25) is 9.78 Å². The molecule has 5 heteroatoms. The first-order chi connectivity index (χ1) is 12.5. The van der Waals surface area contributed by atoms with Gasteiger partial charge in [-0.2, -0.15) is 0 Å². The zero-order chi connectivity index (χ0) is 18.7. The molecule has 0 saturated heterocycles. The van der Waals surface area contributed by atoms with Gasteiger partial charge in [0.2, 0.25) is 0 Å². The first-order valence-electron chi connectivity index (χ1n) is 8.95. The fourth-order valence-corrected chi connectivity index (χ4v) is 3.55. The number of aryl methyl sites for hydroxylation is 1. The van der Waals surface area contributed by atoms with Crippen LogP contribution in [0.25, 0.3) is 10.9 Å². The Bertz CT molecular complexity index is 904. The molecule has 0 fully saturated rings. The molecule has 0 unspecified atom stereocenters. The molecular weight excluding hydrogens is 346 g/mol. The van der Waals surface area contributed by atoms with Crippen molar-refractivity contribution < 1.29 is 4.79 Å². The van der Waals surface area contributed by atoms with E-state index in [2.05, 4.69) is 11.9 Å². The van der Waals surface area contributed by atoms with Crippen molar-refractivity contribution >= 4 is 28.4 Å². The van der Waals surface area contributed by atoms with E-state index < -0.39 is 0 Å². The van der Waals surface area contributed by atoms with Gasteiger partial charge in [-0.25, -0.2) is 0 Å². The summed E-state index contributed by atoms with van der Waals surface area (Å²) < 4.78 is 1.92. The Balaban J connectivity index is 1.95. The topological polar surface area (TPSA) is 38.1 Å². The molecule has 1 amide bonds. The van der Waals surface area contributed by atoms with Crippen molar-refractivity contribution in [3.63, 3.8) is 0 Å². The van der Waals surface area contributed by atoms with Gasteiger partial charge in [0.1, 0.15) is 5.69 Å². The Morgan fingerprint density at radius 3 is 2.81 bits per heavy atom. The molecule has 0 N–H and O–H groups in total. The summed E-state index contributed by atoms with van der Waals surface area (Å²) in [6.45, 7) is 2.16. The normalized spacial score (nSPS) is 12.3. The fourth-order valence-electron chi connectivity index (χ4n) is 3.39. The van der Waals surface area contributed by atoms with Crippen molar-refractivity contribution in [3.05, 3.63) is 65.1 Å². The smallest absolute Gasteiger partial charge is 0.270 e. The van der Waals surface area contributed by atoms with Crippen LogP contribution in [-0.4, -0.2) is 27.4 Å². The summed E-state index contributed by atoms with van der Waals surface area (Å²) in [5, 5.41) is 1.68. The van der Waals surface area contributed by atoms with Gasteiger partial charge in [-0.05, 0) is 36.2 Å². The van der Waals surface area contributed by atoms with Crippen LogP contribution >= 0.6 is 11.6 Å². The first-order valence-corrected chi connectivity index (χ1v) is 9.32. The monoisotopic (exact) mass is 369 g/mol. The highest BCUT2D eigenvalue weighted by molar-refractivity contribution is 6.31. The van der Waals surface area contributed by atoms with E-state index in [1.54, 1.807) is 6.20 Å². The van der Waals surface area contributed by atoms with Gasteiger partial charge in [0, 0.05) is 42.4 Å². The molecule has 0 bridgehead atoms. The Hall–Kier alpha value is -2.33. The highest BCUT2D eigenvalue weighted by atomic mass is 35.5. The molecular formula is C21H24ClN3O. The minimum atomic E-state index is 0.00442. The van der Waals surface area contributed by atoms with E-state index in [1.807, 2.05) is 66.2 Å². The maximum Gasteiger partial charge on any atom is 0.270 e. The SMILES string of the molecule is CCCC[C@@H](c1cccnc1)N(C)C(=O)c1cc2ccc(Cl)cc2n1C. The zero-order valence-corrected chi connectivity index (χ0v) is 16.2. The van der Waals surface area contributed by atoms with E-state index in [1.165, 1.54) is 0 Å². The second kappa shape index (κ2) is 7.92. The van der Waals surface area contributed by atoms with Crippen LogP contribution in [0.2, 0.25) is 5.02 Å². The minimum absolute atomic E-state index is 0.00442.